The third-order valence-electron chi connectivity index (χ3n) is 2.33. The Hall–Kier alpha value is -1.02. The van der Waals surface area contributed by atoms with Gasteiger partial charge >= 0.3 is 0 Å². The maximum Gasteiger partial charge on any atom is 0.103 e. The van der Waals surface area contributed by atoms with E-state index in [0.717, 1.165) is 20.3 Å². The van der Waals surface area contributed by atoms with Crippen LogP contribution in [-0.2, 0) is 0 Å². The molecule has 0 atom stereocenters. The average Bonchev–Trinajstić information content (AvgIpc) is 2.33. The van der Waals surface area contributed by atoms with Crippen LogP contribution in [-0.4, -0.2) is 0 Å². The van der Waals surface area contributed by atoms with Crippen LogP contribution in [0.2, 0.25) is 5.02 Å². The molecule has 90 valence electrons. The Morgan fingerprint density at radius 1 is 1.06 bits per heavy atom. The standard InChI is InChI=1S/C13H7Br2ClN2/c14-10-2-1-3-12(9(10)7-17)18-13-5-4-8(16)6-11(13)15/h1-6,18H. The van der Waals surface area contributed by atoms with Crippen LogP contribution in [0.15, 0.2) is 45.3 Å². The van der Waals surface area contributed by atoms with E-state index >= 15 is 0 Å². The molecule has 0 amide bonds. The minimum Gasteiger partial charge on any atom is -0.353 e. The fourth-order valence-corrected chi connectivity index (χ4v) is 2.71. The highest BCUT2D eigenvalue weighted by atomic mass is 79.9. The van der Waals surface area contributed by atoms with Crippen molar-refractivity contribution in [1.29, 1.82) is 5.26 Å². The molecule has 2 aromatic carbocycles. The van der Waals surface area contributed by atoms with Crippen molar-refractivity contribution < 1.29 is 0 Å². The van der Waals surface area contributed by atoms with Crippen LogP contribution >= 0.6 is 43.5 Å². The van der Waals surface area contributed by atoms with Gasteiger partial charge in [0.05, 0.1) is 16.9 Å². The molecule has 2 rings (SSSR count). The summed E-state index contributed by atoms with van der Waals surface area (Å²) in [5.74, 6) is 0. The molecule has 0 aliphatic heterocycles. The third-order valence-corrected chi connectivity index (χ3v) is 3.88. The molecule has 0 unspecified atom stereocenters. The minimum absolute atomic E-state index is 0.569. The lowest BCUT2D eigenvalue weighted by Crippen LogP contribution is -1.95. The van der Waals surface area contributed by atoms with Crippen molar-refractivity contribution in [2.24, 2.45) is 0 Å². The quantitative estimate of drug-likeness (QED) is 0.742. The first kappa shape index (κ1) is 13.4. The molecule has 0 radical (unpaired) electrons. The zero-order valence-corrected chi connectivity index (χ0v) is 13.0. The molecule has 0 saturated heterocycles. The second-order valence-corrected chi connectivity index (χ2v) is 5.67. The number of hydrogen-bond acceptors (Lipinski definition) is 2. The van der Waals surface area contributed by atoms with E-state index in [-0.39, 0.29) is 0 Å². The normalized spacial score (nSPS) is 9.89. The van der Waals surface area contributed by atoms with Crippen molar-refractivity contribution in [3.63, 3.8) is 0 Å². The van der Waals surface area contributed by atoms with E-state index in [4.69, 9.17) is 16.9 Å². The minimum atomic E-state index is 0.569. The van der Waals surface area contributed by atoms with Crippen LogP contribution in [0, 0.1) is 11.3 Å². The van der Waals surface area contributed by atoms with Crippen molar-refractivity contribution in [2.75, 3.05) is 5.32 Å². The summed E-state index contributed by atoms with van der Waals surface area (Å²) in [5.41, 5.74) is 2.17. The van der Waals surface area contributed by atoms with Crippen LogP contribution in [0.1, 0.15) is 5.56 Å². The van der Waals surface area contributed by atoms with Crippen molar-refractivity contribution in [3.8, 4) is 6.07 Å². The van der Waals surface area contributed by atoms with E-state index < -0.39 is 0 Å². The van der Waals surface area contributed by atoms with Gasteiger partial charge in [-0.05, 0) is 62.2 Å². The van der Waals surface area contributed by atoms with Crippen molar-refractivity contribution in [2.45, 2.75) is 0 Å². The number of benzene rings is 2. The van der Waals surface area contributed by atoms with Gasteiger partial charge in [-0.2, -0.15) is 5.26 Å². The fraction of sp³-hybridized carbons (Fsp3) is 0. The zero-order chi connectivity index (χ0) is 13.1. The summed E-state index contributed by atoms with van der Waals surface area (Å²) in [6.45, 7) is 0. The lowest BCUT2D eigenvalue weighted by molar-refractivity contribution is 1.44. The van der Waals surface area contributed by atoms with Crippen molar-refractivity contribution in [1.82, 2.24) is 0 Å². The second-order valence-electron chi connectivity index (χ2n) is 3.52. The van der Waals surface area contributed by atoms with Gasteiger partial charge in [-0.1, -0.05) is 17.7 Å². The number of halogens is 3. The lowest BCUT2D eigenvalue weighted by Gasteiger charge is -2.11. The summed E-state index contributed by atoms with van der Waals surface area (Å²) in [5, 5.41) is 13.0. The van der Waals surface area contributed by atoms with Crippen molar-refractivity contribution in [3.05, 3.63) is 55.9 Å². The Morgan fingerprint density at radius 2 is 1.83 bits per heavy atom. The maximum atomic E-state index is 9.14. The van der Waals surface area contributed by atoms with Gasteiger partial charge in [0, 0.05) is 14.0 Å². The largest absolute Gasteiger partial charge is 0.353 e. The van der Waals surface area contributed by atoms with Gasteiger partial charge < -0.3 is 5.32 Å². The third kappa shape index (κ3) is 2.86. The highest BCUT2D eigenvalue weighted by Gasteiger charge is 2.08. The molecule has 0 aromatic heterocycles. The van der Waals surface area contributed by atoms with Gasteiger partial charge in [0.1, 0.15) is 6.07 Å². The Balaban J connectivity index is 2.41. The van der Waals surface area contributed by atoms with E-state index in [1.165, 1.54) is 0 Å². The molecule has 1 N–H and O–H groups in total. The van der Waals surface area contributed by atoms with Gasteiger partial charge in [-0.25, -0.2) is 0 Å². The summed E-state index contributed by atoms with van der Waals surface area (Å²) in [6, 6.07) is 13.2. The molecule has 0 aliphatic rings. The molecule has 0 heterocycles. The Bertz CT molecular complexity index is 635. The number of nitrogens with zero attached hydrogens (tertiary/aromatic N) is 1. The van der Waals surface area contributed by atoms with Crippen LogP contribution in [0.4, 0.5) is 11.4 Å². The van der Waals surface area contributed by atoms with Gasteiger partial charge in [0.25, 0.3) is 0 Å². The maximum absolute atomic E-state index is 9.14. The smallest absolute Gasteiger partial charge is 0.103 e. The van der Waals surface area contributed by atoms with Crippen LogP contribution in [0.3, 0.4) is 0 Å². The van der Waals surface area contributed by atoms with Crippen LogP contribution < -0.4 is 5.32 Å². The fourth-order valence-electron chi connectivity index (χ4n) is 1.48. The molecule has 0 spiro atoms. The zero-order valence-electron chi connectivity index (χ0n) is 9.05. The van der Waals surface area contributed by atoms with Gasteiger partial charge in [0.15, 0.2) is 0 Å². The summed E-state index contributed by atoms with van der Waals surface area (Å²) in [6.07, 6.45) is 0. The molecule has 0 bridgehead atoms. The first-order chi connectivity index (χ1) is 8.61. The Labute approximate surface area is 127 Å². The molecule has 5 heteroatoms. The number of rotatable bonds is 2. The summed E-state index contributed by atoms with van der Waals surface area (Å²) >= 11 is 12.7. The van der Waals surface area contributed by atoms with E-state index in [9.17, 15) is 0 Å². The predicted molar refractivity (Wildman–Crippen MR) is 81.3 cm³/mol. The highest BCUT2D eigenvalue weighted by Crippen LogP contribution is 2.31. The van der Waals surface area contributed by atoms with E-state index in [1.54, 1.807) is 12.1 Å². The molecule has 18 heavy (non-hydrogen) atoms. The van der Waals surface area contributed by atoms with E-state index in [0.29, 0.717) is 10.6 Å². The predicted octanol–water partition coefficient (Wildman–Crippen LogP) is 5.48. The SMILES string of the molecule is N#Cc1c(Br)cccc1Nc1ccc(Cl)cc1Br. The van der Waals surface area contributed by atoms with Gasteiger partial charge in [0.2, 0.25) is 0 Å². The Morgan fingerprint density at radius 3 is 2.50 bits per heavy atom. The first-order valence-corrected chi connectivity index (χ1v) is 6.99. The molecule has 0 fully saturated rings. The van der Waals surface area contributed by atoms with Crippen molar-refractivity contribution >= 4 is 54.8 Å². The van der Waals surface area contributed by atoms with Crippen LogP contribution in [0.25, 0.3) is 0 Å². The Kier molecular flexibility index (Phi) is 4.28. The summed E-state index contributed by atoms with van der Waals surface area (Å²) < 4.78 is 1.61. The summed E-state index contributed by atoms with van der Waals surface area (Å²) in [4.78, 5) is 0. The number of nitriles is 1. The number of hydrogen-bond donors (Lipinski definition) is 1. The number of nitrogens with one attached hydrogen (secondary N) is 1. The number of anilines is 2. The topological polar surface area (TPSA) is 35.8 Å². The molecule has 2 nitrogen and oxygen atoms in total. The lowest BCUT2D eigenvalue weighted by atomic mass is 10.2. The van der Waals surface area contributed by atoms with Gasteiger partial charge in [-0.3, -0.25) is 0 Å². The average molecular weight is 386 g/mol. The molecular formula is C13H7Br2ClN2. The molecular weight excluding hydrogens is 379 g/mol. The highest BCUT2D eigenvalue weighted by molar-refractivity contribution is 9.11. The molecule has 0 aliphatic carbocycles. The summed E-state index contributed by atoms with van der Waals surface area (Å²) in [7, 11) is 0. The van der Waals surface area contributed by atoms with E-state index in [2.05, 4.69) is 43.2 Å². The van der Waals surface area contributed by atoms with Crippen LogP contribution in [0.5, 0.6) is 0 Å². The first-order valence-electron chi connectivity index (χ1n) is 5.02. The monoisotopic (exact) mass is 384 g/mol. The van der Waals surface area contributed by atoms with Gasteiger partial charge in [-0.15, -0.1) is 0 Å². The second kappa shape index (κ2) is 5.75. The molecule has 2 aromatic rings. The van der Waals surface area contributed by atoms with E-state index in [1.807, 2.05) is 24.3 Å². The molecule has 0 saturated carbocycles.